The fraction of sp³-hybridized carbons (Fsp3) is 0.304. The van der Waals surface area contributed by atoms with Crippen molar-refractivity contribution >= 4 is 5.96 Å². The van der Waals surface area contributed by atoms with E-state index in [-0.39, 0.29) is 0 Å². The van der Waals surface area contributed by atoms with Crippen LogP contribution < -0.4 is 10.6 Å². The molecule has 5 nitrogen and oxygen atoms in total. The van der Waals surface area contributed by atoms with Gasteiger partial charge in [-0.25, -0.2) is 9.98 Å². The maximum atomic E-state index is 4.76. The first-order chi connectivity index (χ1) is 13.7. The molecule has 28 heavy (non-hydrogen) atoms. The minimum absolute atomic E-state index is 0.344. The van der Waals surface area contributed by atoms with Gasteiger partial charge >= 0.3 is 0 Å². The van der Waals surface area contributed by atoms with Gasteiger partial charge < -0.3 is 15.2 Å². The van der Waals surface area contributed by atoms with Crippen LogP contribution in [0.4, 0.5) is 0 Å². The summed E-state index contributed by atoms with van der Waals surface area (Å²) in [7, 11) is 0. The maximum Gasteiger partial charge on any atom is 0.191 e. The van der Waals surface area contributed by atoms with Gasteiger partial charge in [0.25, 0.3) is 0 Å². The van der Waals surface area contributed by atoms with E-state index in [4.69, 9.17) is 4.99 Å². The highest BCUT2D eigenvalue weighted by atomic mass is 15.2. The molecule has 0 radical (unpaired) electrons. The summed E-state index contributed by atoms with van der Waals surface area (Å²) in [6.07, 6.45) is 5.63. The standard InChI is InChI=1S/C23H29N5/c1-4-25-23(27-18(2)3)26-15-21-7-5-6-8-22(21)20-11-9-19(10-12-20)16-28-14-13-24-17-28/h5-14,17-18H,4,15-16H2,1-3H3,(H2,25,26,27). The Labute approximate surface area is 167 Å². The van der Waals surface area contributed by atoms with E-state index in [2.05, 4.69) is 89.5 Å². The van der Waals surface area contributed by atoms with E-state index in [9.17, 15) is 0 Å². The lowest BCUT2D eigenvalue weighted by atomic mass is 9.98. The predicted molar refractivity (Wildman–Crippen MR) is 116 cm³/mol. The molecule has 0 unspecified atom stereocenters. The van der Waals surface area contributed by atoms with E-state index in [1.54, 1.807) is 6.20 Å². The Bertz CT molecular complexity index is 880. The zero-order valence-corrected chi connectivity index (χ0v) is 16.9. The molecule has 0 saturated heterocycles. The average molecular weight is 376 g/mol. The normalized spacial score (nSPS) is 11.6. The molecule has 2 N–H and O–H groups in total. The van der Waals surface area contributed by atoms with E-state index in [0.717, 1.165) is 19.0 Å². The number of nitrogens with zero attached hydrogens (tertiary/aromatic N) is 3. The number of imidazole rings is 1. The molecule has 0 aliphatic rings. The number of benzene rings is 2. The van der Waals surface area contributed by atoms with Crippen molar-refractivity contribution in [3.05, 3.63) is 78.4 Å². The minimum atomic E-state index is 0.344. The van der Waals surface area contributed by atoms with E-state index >= 15 is 0 Å². The van der Waals surface area contributed by atoms with E-state index in [1.165, 1.54) is 22.3 Å². The van der Waals surface area contributed by atoms with Crippen molar-refractivity contribution in [3.63, 3.8) is 0 Å². The van der Waals surface area contributed by atoms with Crippen LogP contribution in [0.3, 0.4) is 0 Å². The van der Waals surface area contributed by atoms with Crippen molar-refractivity contribution in [2.75, 3.05) is 6.54 Å². The lowest BCUT2D eigenvalue weighted by Gasteiger charge is -2.15. The second-order valence-electron chi connectivity index (χ2n) is 7.08. The summed E-state index contributed by atoms with van der Waals surface area (Å²) < 4.78 is 2.07. The largest absolute Gasteiger partial charge is 0.357 e. The number of hydrogen-bond donors (Lipinski definition) is 2. The Morgan fingerprint density at radius 2 is 1.89 bits per heavy atom. The third kappa shape index (κ3) is 5.46. The summed E-state index contributed by atoms with van der Waals surface area (Å²) >= 11 is 0. The highest BCUT2D eigenvalue weighted by Gasteiger charge is 2.06. The molecule has 0 saturated carbocycles. The predicted octanol–water partition coefficient (Wildman–Crippen LogP) is 4.06. The fourth-order valence-electron chi connectivity index (χ4n) is 3.08. The Hall–Kier alpha value is -3.08. The van der Waals surface area contributed by atoms with Gasteiger partial charge in [0.05, 0.1) is 12.9 Å². The highest BCUT2D eigenvalue weighted by Crippen LogP contribution is 2.25. The molecule has 0 aliphatic carbocycles. The second-order valence-corrected chi connectivity index (χ2v) is 7.08. The zero-order chi connectivity index (χ0) is 19.8. The molecule has 1 aromatic heterocycles. The van der Waals surface area contributed by atoms with E-state index < -0.39 is 0 Å². The van der Waals surface area contributed by atoms with Gasteiger partial charge in [-0.05, 0) is 43.0 Å². The smallest absolute Gasteiger partial charge is 0.191 e. The molecular formula is C23H29N5. The molecule has 5 heteroatoms. The van der Waals surface area contributed by atoms with Crippen molar-refractivity contribution < 1.29 is 0 Å². The Morgan fingerprint density at radius 1 is 1.11 bits per heavy atom. The van der Waals surface area contributed by atoms with Crippen molar-refractivity contribution in [2.45, 2.75) is 39.9 Å². The lowest BCUT2D eigenvalue weighted by molar-refractivity contribution is 0.700. The van der Waals surface area contributed by atoms with Gasteiger partial charge in [-0.3, -0.25) is 0 Å². The topological polar surface area (TPSA) is 54.2 Å². The first kappa shape index (κ1) is 19.7. The molecule has 0 amide bonds. The number of aliphatic imine (C=N–C) groups is 1. The Kier molecular flexibility index (Phi) is 6.84. The van der Waals surface area contributed by atoms with Gasteiger partial charge in [0.2, 0.25) is 0 Å². The molecular weight excluding hydrogens is 346 g/mol. The summed E-state index contributed by atoms with van der Waals surface area (Å²) in [6, 6.07) is 17.6. The van der Waals surface area contributed by atoms with Crippen LogP contribution in [0.2, 0.25) is 0 Å². The summed E-state index contributed by atoms with van der Waals surface area (Å²) in [5.74, 6) is 0.850. The summed E-state index contributed by atoms with van der Waals surface area (Å²) in [5, 5.41) is 6.67. The molecule has 3 rings (SSSR count). The monoisotopic (exact) mass is 375 g/mol. The van der Waals surface area contributed by atoms with Crippen LogP contribution in [0.5, 0.6) is 0 Å². The Balaban J connectivity index is 1.77. The van der Waals surface area contributed by atoms with Crippen molar-refractivity contribution in [2.24, 2.45) is 4.99 Å². The summed E-state index contributed by atoms with van der Waals surface area (Å²) in [6.45, 7) is 8.63. The number of aromatic nitrogens is 2. The van der Waals surface area contributed by atoms with E-state index in [1.807, 2.05) is 12.5 Å². The first-order valence-electron chi connectivity index (χ1n) is 9.83. The molecule has 1 heterocycles. The van der Waals surface area contributed by atoms with Gasteiger partial charge in [0.1, 0.15) is 0 Å². The van der Waals surface area contributed by atoms with Gasteiger partial charge in [-0.1, -0.05) is 48.5 Å². The molecule has 0 bridgehead atoms. The van der Waals surface area contributed by atoms with E-state index in [0.29, 0.717) is 12.6 Å². The molecule has 0 aliphatic heterocycles. The minimum Gasteiger partial charge on any atom is -0.357 e. The molecule has 0 fully saturated rings. The number of rotatable bonds is 7. The third-order valence-corrected chi connectivity index (χ3v) is 4.38. The molecule has 2 aromatic carbocycles. The fourth-order valence-corrected chi connectivity index (χ4v) is 3.08. The summed E-state index contributed by atoms with van der Waals surface area (Å²) in [4.78, 5) is 8.86. The highest BCUT2D eigenvalue weighted by molar-refractivity contribution is 5.80. The van der Waals surface area contributed by atoms with Crippen LogP contribution in [0.15, 0.2) is 72.2 Å². The van der Waals surface area contributed by atoms with Crippen LogP contribution in [0, 0.1) is 0 Å². The van der Waals surface area contributed by atoms with Gasteiger partial charge in [-0.2, -0.15) is 0 Å². The number of hydrogen-bond acceptors (Lipinski definition) is 2. The molecule has 146 valence electrons. The SMILES string of the molecule is CCNC(=NCc1ccccc1-c1ccc(Cn2ccnc2)cc1)NC(C)C. The van der Waals surface area contributed by atoms with Crippen molar-refractivity contribution in [1.82, 2.24) is 20.2 Å². The van der Waals surface area contributed by atoms with Crippen LogP contribution in [-0.2, 0) is 13.1 Å². The second kappa shape index (κ2) is 9.74. The third-order valence-electron chi connectivity index (χ3n) is 4.38. The number of nitrogens with one attached hydrogen (secondary N) is 2. The first-order valence-corrected chi connectivity index (χ1v) is 9.83. The quantitative estimate of drug-likeness (QED) is 0.484. The van der Waals surface area contributed by atoms with Crippen molar-refractivity contribution in [3.8, 4) is 11.1 Å². The average Bonchev–Trinajstić information content (AvgIpc) is 3.20. The van der Waals surface area contributed by atoms with Gasteiger partial charge in [0, 0.05) is 31.5 Å². The van der Waals surface area contributed by atoms with Gasteiger partial charge in [0.15, 0.2) is 5.96 Å². The molecule has 0 spiro atoms. The maximum absolute atomic E-state index is 4.76. The van der Waals surface area contributed by atoms with Crippen LogP contribution in [0.1, 0.15) is 31.9 Å². The van der Waals surface area contributed by atoms with Crippen LogP contribution in [-0.4, -0.2) is 28.1 Å². The summed E-state index contributed by atoms with van der Waals surface area (Å²) in [5.41, 5.74) is 4.90. The molecule has 3 aromatic rings. The van der Waals surface area contributed by atoms with Gasteiger partial charge in [-0.15, -0.1) is 0 Å². The lowest BCUT2D eigenvalue weighted by Crippen LogP contribution is -2.41. The number of guanidine groups is 1. The van der Waals surface area contributed by atoms with Crippen molar-refractivity contribution in [1.29, 1.82) is 0 Å². The zero-order valence-electron chi connectivity index (χ0n) is 16.9. The molecule has 0 atom stereocenters. The van der Waals surface area contributed by atoms with Crippen LogP contribution in [0.25, 0.3) is 11.1 Å². The Morgan fingerprint density at radius 3 is 2.57 bits per heavy atom. The van der Waals surface area contributed by atoms with Crippen LogP contribution >= 0.6 is 0 Å².